The number of pyridine rings is 1. The van der Waals surface area contributed by atoms with Crippen LogP contribution < -0.4 is 5.73 Å². The number of hydrogen-bond donors (Lipinski definition) is 2. The highest BCUT2D eigenvalue weighted by Crippen LogP contribution is 2.34. The topological polar surface area (TPSA) is 79.5 Å². The van der Waals surface area contributed by atoms with Gasteiger partial charge in [0.2, 0.25) is 0 Å². The van der Waals surface area contributed by atoms with Crippen molar-refractivity contribution in [3.05, 3.63) is 22.7 Å². The molecule has 2 aromatic heterocycles. The number of anilines is 1. The number of likely N-dealkylation sites (N-methyl/N-ethyl adjacent to an activating group) is 1. The molecule has 0 radical (unpaired) electrons. The first-order valence-electron chi connectivity index (χ1n) is 5.99. The predicted molar refractivity (Wildman–Crippen MR) is 77.4 cm³/mol. The van der Waals surface area contributed by atoms with Gasteiger partial charge in [0.25, 0.3) is 5.91 Å². The van der Waals surface area contributed by atoms with Crippen LogP contribution in [-0.2, 0) is 0 Å². The molecule has 0 bridgehead atoms. The SMILES string of the molecule is Cc1ccnc2sc(C(=O)N(C)CC(C)O)c(N)c12. The molecule has 5 nitrogen and oxygen atoms in total. The summed E-state index contributed by atoms with van der Waals surface area (Å²) < 4.78 is 0. The van der Waals surface area contributed by atoms with Gasteiger partial charge in [0.1, 0.15) is 9.71 Å². The molecule has 6 heteroatoms. The monoisotopic (exact) mass is 279 g/mol. The van der Waals surface area contributed by atoms with Crippen molar-refractivity contribution in [1.29, 1.82) is 0 Å². The maximum atomic E-state index is 12.3. The Hall–Kier alpha value is -1.66. The molecule has 2 rings (SSSR count). The lowest BCUT2D eigenvalue weighted by molar-refractivity contribution is 0.0709. The van der Waals surface area contributed by atoms with Gasteiger partial charge in [0.15, 0.2) is 0 Å². The molecule has 102 valence electrons. The molecule has 0 saturated carbocycles. The molecular weight excluding hydrogens is 262 g/mol. The Balaban J connectivity index is 2.43. The van der Waals surface area contributed by atoms with Crippen molar-refractivity contribution in [2.75, 3.05) is 19.3 Å². The standard InChI is InChI=1S/C13H17N3O2S/c1-7-4-5-15-12-9(7)10(14)11(19-12)13(18)16(3)6-8(2)17/h4-5,8,17H,6,14H2,1-3H3. The van der Waals surface area contributed by atoms with Crippen molar-refractivity contribution in [1.82, 2.24) is 9.88 Å². The smallest absolute Gasteiger partial charge is 0.265 e. The zero-order chi connectivity index (χ0) is 14.2. The molecule has 3 N–H and O–H groups in total. The van der Waals surface area contributed by atoms with E-state index in [0.29, 0.717) is 10.6 Å². The number of aromatic nitrogens is 1. The van der Waals surface area contributed by atoms with Crippen molar-refractivity contribution >= 4 is 33.1 Å². The molecule has 0 spiro atoms. The van der Waals surface area contributed by atoms with Crippen LogP contribution in [0, 0.1) is 6.92 Å². The lowest BCUT2D eigenvalue weighted by atomic mass is 10.1. The molecule has 0 aliphatic heterocycles. The van der Waals surface area contributed by atoms with E-state index in [1.54, 1.807) is 20.2 Å². The first kappa shape index (κ1) is 13.8. The van der Waals surface area contributed by atoms with E-state index in [1.165, 1.54) is 16.2 Å². The predicted octanol–water partition coefficient (Wildman–Crippen LogP) is 1.64. The largest absolute Gasteiger partial charge is 0.397 e. The maximum absolute atomic E-state index is 12.3. The maximum Gasteiger partial charge on any atom is 0.265 e. The number of rotatable bonds is 3. The molecule has 1 atom stereocenters. The Morgan fingerprint density at radius 1 is 1.63 bits per heavy atom. The zero-order valence-corrected chi connectivity index (χ0v) is 12.0. The van der Waals surface area contributed by atoms with Gasteiger partial charge in [-0.3, -0.25) is 4.79 Å². The number of amides is 1. The van der Waals surface area contributed by atoms with Gasteiger partial charge in [-0.15, -0.1) is 11.3 Å². The molecule has 0 aliphatic rings. The second-order valence-electron chi connectivity index (χ2n) is 4.69. The Morgan fingerprint density at radius 2 is 2.32 bits per heavy atom. The van der Waals surface area contributed by atoms with Crippen molar-refractivity contribution in [3.8, 4) is 0 Å². The fourth-order valence-electron chi connectivity index (χ4n) is 2.01. The summed E-state index contributed by atoms with van der Waals surface area (Å²) in [5.74, 6) is -0.180. The molecule has 0 aliphatic carbocycles. The highest BCUT2D eigenvalue weighted by atomic mass is 32.1. The van der Waals surface area contributed by atoms with Gasteiger partial charge in [-0.2, -0.15) is 0 Å². The third kappa shape index (κ3) is 2.54. The molecule has 0 saturated heterocycles. The van der Waals surface area contributed by atoms with E-state index in [4.69, 9.17) is 5.73 Å². The first-order valence-corrected chi connectivity index (χ1v) is 6.80. The van der Waals surface area contributed by atoms with Crippen LogP contribution in [0.15, 0.2) is 12.3 Å². The van der Waals surface area contributed by atoms with E-state index in [9.17, 15) is 9.90 Å². The minimum Gasteiger partial charge on any atom is -0.397 e. The van der Waals surface area contributed by atoms with Gasteiger partial charge >= 0.3 is 0 Å². The van der Waals surface area contributed by atoms with Gasteiger partial charge in [-0.25, -0.2) is 4.98 Å². The van der Waals surface area contributed by atoms with Gasteiger partial charge in [-0.05, 0) is 25.5 Å². The third-order valence-electron chi connectivity index (χ3n) is 2.92. The summed E-state index contributed by atoms with van der Waals surface area (Å²) >= 11 is 1.29. The third-order valence-corrected chi connectivity index (χ3v) is 4.02. The normalized spacial score (nSPS) is 12.6. The molecule has 2 heterocycles. The van der Waals surface area contributed by atoms with Crippen LogP contribution in [0.1, 0.15) is 22.2 Å². The van der Waals surface area contributed by atoms with Crippen LogP contribution in [0.5, 0.6) is 0 Å². The van der Waals surface area contributed by atoms with E-state index in [0.717, 1.165) is 15.8 Å². The van der Waals surface area contributed by atoms with E-state index in [2.05, 4.69) is 4.98 Å². The summed E-state index contributed by atoms with van der Waals surface area (Å²) in [6.07, 6.45) is 1.14. The number of hydrogen-bond acceptors (Lipinski definition) is 5. The zero-order valence-electron chi connectivity index (χ0n) is 11.2. The van der Waals surface area contributed by atoms with E-state index >= 15 is 0 Å². The Labute approximate surface area is 115 Å². The van der Waals surface area contributed by atoms with Gasteiger partial charge in [-0.1, -0.05) is 0 Å². The summed E-state index contributed by atoms with van der Waals surface area (Å²) in [6.45, 7) is 3.86. The average molecular weight is 279 g/mol. The molecule has 0 aromatic carbocycles. The van der Waals surface area contributed by atoms with Crippen molar-refractivity contribution in [2.24, 2.45) is 0 Å². The quantitative estimate of drug-likeness (QED) is 0.895. The minimum atomic E-state index is -0.565. The lowest BCUT2D eigenvalue weighted by Gasteiger charge is -2.18. The van der Waals surface area contributed by atoms with E-state index < -0.39 is 6.10 Å². The fourth-order valence-corrected chi connectivity index (χ4v) is 3.15. The second-order valence-corrected chi connectivity index (χ2v) is 5.69. The molecule has 0 fully saturated rings. The number of aliphatic hydroxyl groups excluding tert-OH is 1. The Kier molecular flexibility index (Phi) is 3.73. The number of carbonyl (C=O) groups is 1. The fraction of sp³-hybridized carbons (Fsp3) is 0.385. The van der Waals surface area contributed by atoms with Gasteiger partial charge < -0.3 is 15.7 Å². The van der Waals surface area contributed by atoms with Crippen LogP contribution in [0.3, 0.4) is 0 Å². The molecule has 19 heavy (non-hydrogen) atoms. The highest BCUT2D eigenvalue weighted by molar-refractivity contribution is 7.21. The number of nitrogen functional groups attached to an aromatic ring is 1. The summed E-state index contributed by atoms with van der Waals surface area (Å²) in [4.78, 5) is 19.3. The molecule has 1 amide bonds. The summed E-state index contributed by atoms with van der Waals surface area (Å²) in [5.41, 5.74) is 7.56. The number of nitrogens with zero attached hydrogens (tertiary/aromatic N) is 2. The van der Waals surface area contributed by atoms with E-state index in [-0.39, 0.29) is 12.5 Å². The molecule has 2 aromatic rings. The van der Waals surface area contributed by atoms with Crippen LogP contribution in [-0.4, -0.2) is 40.6 Å². The number of fused-ring (bicyclic) bond motifs is 1. The van der Waals surface area contributed by atoms with Crippen LogP contribution in [0.25, 0.3) is 10.2 Å². The van der Waals surface area contributed by atoms with Crippen LogP contribution >= 0.6 is 11.3 Å². The number of aryl methyl sites for hydroxylation is 1. The van der Waals surface area contributed by atoms with Crippen molar-refractivity contribution < 1.29 is 9.90 Å². The second kappa shape index (κ2) is 5.14. The summed E-state index contributed by atoms with van der Waals surface area (Å²) in [7, 11) is 1.65. The first-order chi connectivity index (χ1) is 8.91. The van der Waals surface area contributed by atoms with Crippen molar-refractivity contribution in [2.45, 2.75) is 20.0 Å². The van der Waals surface area contributed by atoms with Crippen molar-refractivity contribution in [3.63, 3.8) is 0 Å². The van der Waals surface area contributed by atoms with Crippen LogP contribution in [0.4, 0.5) is 5.69 Å². The van der Waals surface area contributed by atoms with Gasteiger partial charge in [0, 0.05) is 25.2 Å². The lowest BCUT2D eigenvalue weighted by Crippen LogP contribution is -2.32. The average Bonchev–Trinajstić information content (AvgIpc) is 2.66. The minimum absolute atomic E-state index is 0.180. The highest BCUT2D eigenvalue weighted by Gasteiger charge is 2.21. The molecule has 1 unspecified atom stereocenters. The van der Waals surface area contributed by atoms with E-state index in [1.807, 2.05) is 13.0 Å². The van der Waals surface area contributed by atoms with Crippen LogP contribution in [0.2, 0.25) is 0 Å². The number of thiophene rings is 1. The van der Waals surface area contributed by atoms with Gasteiger partial charge in [0.05, 0.1) is 11.8 Å². The summed E-state index contributed by atoms with van der Waals surface area (Å²) in [5, 5.41) is 10.2. The summed E-state index contributed by atoms with van der Waals surface area (Å²) in [6, 6.07) is 1.87. The number of nitrogens with two attached hydrogens (primary N) is 1. The number of carbonyl (C=O) groups excluding carboxylic acids is 1. The Morgan fingerprint density at radius 3 is 2.89 bits per heavy atom. The molecular formula is C13H17N3O2S. The Bertz CT molecular complexity index is 622. The number of aliphatic hydroxyl groups is 1.